The molecule has 122 valence electrons. The number of ether oxygens (including phenoxy) is 1. The Balaban J connectivity index is 2.55. The summed E-state index contributed by atoms with van der Waals surface area (Å²) in [6, 6.07) is -0.215. The van der Waals surface area contributed by atoms with E-state index in [4.69, 9.17) is 4.74 Å². The molecule has 1 aromatic heterocycles. The van der Waals surface area contributed by atoms with Crippen LogP contribution < -0.4 is 5.32 Å². The summed E-state index contributed by atoms with van der Waals surface area (Å²) >= 11 is 0. The summed E-state index contributed by atoms with van der Waals surface area (Å²) in [5, 5.41) is 7.26. The van der Waals surface area contributed by atoms with Crippen molar-refractivity contribution in [3.63, 3.8) is 0 Å². The topological polar surface area (TPSA) is 52.0 Å². The summed E-state index contributed by atoms with van der Waals surface area (Å²) in [6.45, 7) is 6.18. The quantitative estimate of drug-likeness (QED) is 0.758. The molecule has 0 aliphatic heterocycles. The second kappa shape index (κ2) is 8.33. The van der Waals surface area contributed by atoms with Gasteiger partial charge in [0.2, 0.25) is 0 Å². The van der Waals surface area contributed by atoms with E-state index in [0.717, 1.165) is 12.4 Å². The van der Waals surface area contributed by atoms with E-state index >= 15 is 0 Å². The van der Waals surface area contributed by atoms with Crippen LogP contribution in [0.25, 0.3) is 0 Å². The molecule has 0 aliphatic rings. The SMILES string of the molecule is CCNC(COCC(F)(F)F)Cc1ncnn1CC(C)C. The van der Waals surface area contributed by atoms with Crippen molar-refractivity contribution in [3.8, 4) is 0 Å². The highest BCUT2D eigenvalue weighted by atomic mass is 19.4. The normalized spacial score (nSPS) is 13.9. The number of alkyl halides is 3. The monoisotopic (exact) mass is 308 g/mol. The maximum atomic E-state index is 12.1. The van der Waals surface area contributed by atoms with Gasteiger partial charge in [0.15, 0.2) is 0 Å². The van der Waals surface area contributed by atoms with Crippen molar-refractivity contribution in [1.29, 1.82) is 0 Å². The molecule has 1 aromatic rings. The average molecular weight is 308 g/mol. The zero-order valence-corrected chi connectivity index (χ0v) is 12.7. The van der Waals surface area contributed by atoms with Crippen molar-refractivity contribution in [2.45, 2.75) is 46.0 Å². The van der Waals surface area contributed by atoms with Gasteiger partial charge in [-0.1, -0.05) is 20.8 Å². The van der Waals surface area contributed by atoms with Crippen LogP contribution in [-0.4, -0.2) is 46.7 Å². The second-order valence-corrected chi connectivity index (χ2v) is 5.34. The van der Waals surface area contributed by atoms with Gasteiger partial charge in [-0.2, -0.15) is 18.3 Å². The van der Waals surface area contributed by atoms with Gasteiger partial charge in [0, 0.05) is 19.0 Å². The van der Waals surface area contributed by atoms with Crippen LogP contribution in [0.3, 0.4) is 0 Å². The van der Waals surface area contributed by atoms with Crippen molar-refractivity contribution < 1.29 is 17.9 Å². The van der Waals surface area contributed by atoms with Gasteiger partial charge >= 0.3 is 6.18 Å². The second-order valence-electron chi connectivity index (χ2n) is 5.34. The van der Waals surface area contributed by atoms with Crippen LogP contribution in [0.5, 0.6) is 0 Å². The van der Waals surface area contributed by atoms with E-state index in [1.54, 1.807) is 4.68 Å². The van der Waals surface area contributed by atoms with E-state index in [9.17, 15) is 13.2 Å². The van der Waals surface area contributed by atoms with E-state index in [1.165, 1.54) is 6.33 Å². The molecule has 0 saturated carbocycles. The van der Waals surface area contributed by atoms with E-state index in [1.807, 2.05) is 6.92 Å². The number of rotatable bonds is 9. The largest absolute Gasteiger partial charge is 0.411 e. The van der Waals surface area contributed by atoms with Crippen molar-refractivity contribution in [1.82, 2.24) is 20.1 Å². The van der Waals surface area contributed by atoms with Crippen LogP contribution in [0.4, 0.5) is 13.2 Å². The predicted octanol–water partition coefficient (Wildman–Crippen LogP) is 2.03. The molecular weight excluding hydrogens is 285 g/mol. The van der Waals surface area contributed by atoms with Crippen LogP contribution in [0.15, 0.2) is 6.33 Å². The number of nitrogens with zero attached hydrogens (tertiary/aromatic N) is 3. The van der Waals surface area contributed by atoms with Gasteiger partial charge in [0.1, 0.15) is 18.8 Å². The fourth-order valence-corrected chi connectivity index (χ4v) is 1.96. The standard InChI is InChI=1S/C13H23F3N4O/c1-4-17-11(7-21-8-13(14,15)16)5-12-18-9-19-20(12)6-10(2)3/h9-11,17H,4-8H2,1-3H3. The Morgan fingerprint density at radius 2 is 2.10 bits per heavy atom. The maximum absolute atomic E-state index is 12.1. The molecule has 0 bridgehead atoms. The minimum absolute atomic E-state index is 0.0120. The van der Waals surface area contributed by atoms with Gasteiger partial charge < -0.3 is 10.1 Å². The van der Waals surface area contributed by atoms with E-state index in [0.29, 0.717) is 18.9 Å². The van der Waals surface area contributed by atoms with Crippen molar-refractivity contribution in [3.05, 3.63) is 12.2 Å². The van der Waals surface area contributed by atoms with Gasteiger partial charge in [0.25, 0.3) is 0 Å². The van der Waals surface area contributed by atoms with Gasteiger partial charge in [-0.3, -0.25) is 0 Å². The summed E-state index contributed by atoms with van der Waals surface area (Å²) < 4.78 is 42.8. The van der Waals surface area contributed by atoms with Gasteiger partial charge in [0.05, 0.1) is 6.61 Å². The first-order valence-electron chi connectivity index (χ1n) is 7.06. The minimum Gasteiger partial charge on any atom is -0.370 e. The summed E-state index contributed by atoms with van der Waals surface area (Å²) in [5.41, 5.74) is 0. The third-order valence-electron chi connectivity index (χ3n) is 2.74. The van der Waals surface area contributed by atoms with Gasteiger partial charge in [-0.05, 0) is 12.5 Å². The first-order chi connectivity index (χ1) is 9.81. The molecule has 0 radical (unpaired) electrons. The van der Waals surface area contributed by atoms with E-state index in [2.05, 4.69) is 29.2 Å². The number of halogens is 3. The van der Waals surface area contributed by atoms with Crippen LogP contribution in [0.2, 0.25) is 0 Å². The Bertz CT molecular complexity index is 406. The lowest BCUT2D eigenvalue weighted by atomic mass is 10.2. The zero-order valence-electron chi connectivity index (χ0n) is 12.7. The fourth-order valence-electron chi connectivity index (χ4n) is 1.96. The van der Waals surface area contributed by atoms with Crippen molar-refractivity contribution >= 4 is 0 Å². The molecule has 1 atom stereocenters. The minimum atomic E-state index is -4.30. The maximum Gasteiger partial charge on any atom is 0.411 e. The summed E-state index contributed by atoms with van der Waals surface area (Å²) in [6.07, 6.45) is -2.34. The molecule has 1 N–H and O–H groups in total. The molecule has 0 aliphatic carbocycles. The number of hydrogen-bond acceptors (Lipinski definition) is 4. The van der Waals surface area contributed by atoms with Crippen LogP contribution in [0.1, 0.15) is 26.6 Å². The van der Waals surface area contributed by atoms with E-state index in [-0.39, 0.29) is 12.6 Å². The number of likely N-dealkylation sites (N-methyl/N-ethyl adjacent to an activating group) is 1. The lowest BCUT2D eigenvalue weighted by molar-refractivity contribution is -0.175. The molecular formula is C13H23F3N4O. The molecule has 0 fully saturated rings. The average Bonchev–Trinajstić information content (AvgIpc) is 2.74. The third-order valence-corrected chi connectivity index (χ3v) is 2.74. The van der Waals surface area contributed by atoms with E-state index < -0.39 is 12.8 Å². The Kier molecular flexibility index (Phi) is 7.10. The molecule has 0 spiro atoms. The van der Waals surface area contributed by atoms with Crippen molar-refractivity contribution in [2.24, 2.45) is 5.92 Å². The smallest absolute Gasteiger partial charge is 0.370 e. The Labute approximate surface area is 122 Å². The summed E-state index contributed by atoms with van der Waals surface area (Å²) in [4.78, 5) is 4.18. The van der Waals surface area contributed by atoms with Gasteiger partial charge in [-0.25, -0.2) is 9.67 Å². The molecule has 5 nitrogen and oxygen atoms in total. The summed E-state index contributed by atoms with van der Waals surface area (Å²) in [5.74, 6) is 1.18. The first kappa shape index (κ1) is 17.9. The van der Waals surface area contributed by atoms with Crippen LogP contribution in [-0.2, 0) is 17.7 Å². The third kappa shape index (κ3) is 7.42. The zero-order chi connectivity index (χ0) is 15.9. The van der Waals surface area contributed by atoms with Crippen LogP contribution >= 0.6 is 0 Å². The molecule has 0 saturated heterocycles. The van der Waals surface area contributed by atoms with Crippen molar-refractivity contribution in [2.75, 3.05) is 19.8 Å². The molecule has 0 aromatic carbocycles. The molecule has 1 unspecified atom stereocenters. The van der Waals surface area contributed by atoms with Gasteiger partial charge in [-0.15, -0.1) is 0 Å². The fraction of sp³-hybridized carbons (Fsp3) is 0.846. The molecule has 1 heterocycles. The molecule has 8 heteroatoms. The number of hydrogen-bond donors (Lipinski definition) is 1. The molecule has 0 amide bonds. The number of nitrogens with one attached hydrogen (secondary N) is 1. The Morgan fingerprint density at radius 3 is 2.67 bits per heavy atom. The first-order valence-corrected chi connectivity index (χ1v) is 7.06. The highest BCUT2D eigenvalue weighted by Gasteiger charge is 2.28. The highest BCUT2D eigenvalue weighted by Crippen LogP contribution is 2.14. The lowest BCUT2D eigenvalue weighted by Crippen LogP contribution is -2.37. The molecule has 1 rings (SSSR count). The van der Waals surface area contributed by atoms with Crippen LogP contribution in [0, 0.1) is 5.92 Å². The lowest BCUT2D eigenvalue weighted by Gasteiger charge is -2.19. The Hall–Kier alpha value is -1.15. The predicted molar refractivity (Wildman–Crippen MR) is 72.9 cm³/mol. The molecule has 21 heavy (non-hydrogen) atoms. The highest BCUT2D eigenvalue weighted by molar-refractivity contribution is 4.90. The Morgan fingerprint density at radius 1 is 1.38 bits per heavy atom. The summed E-state index contributed by atoms with van der Waals surface area (Å²) in [7, 11) is 0. The number of aromatic nitrogens is 3.